The predicted octanol–water partition coefficient (Wildman–Crippen LogP) is 4.04. The topological polar surface area (TPSA) is 20.2 Å². The monoisotopic (exact) mass is 232 g/mol. The van der Waals surface area contributed by atoms with Gasteiger partial charge in [0.2, 0.25) is 0 Å². The highest BCUT2D eigenvalue weighted by Gasteiger charge is 2.30. The van der Waals surface area contributed by atoms with Crippen LogP contribution in [0.15, 0.2) is 24.3 Å². The highest BCUT2D eigenvalue weighted by atomic mass is 16.3. The second kappa shape index (κ2) is 5.22. The third-order valence-electron chi connectivity index (χ3n) is 3.82. The highest BCUT2D eigenvalue weighted by Crippen LogP contribution is 2.36. The van der Waals surface area contributed by atoms with Gasteiger partial charge in [0.15, 0.2) is 0 Å². The maximum absolute atomic E-state index is 10.6. The fraction of sp³-hybridized carbons (Fsp3) is 0.625. The second-order valence-corrected chi connectivity index (χ2v) is 5.89. The maximum Gasteiger partial charge on any atom is 0.0896 e. The van der Waals surface area contributed by atoms with Crippen LogP contribution in [-0.2, 0) is 12.0 Å². The molecule has 0 amide bonds. The van der Waals surface area contributed by atoms with Crippen molar-refractivity contribution in [3.05, 3.63) is 35.4 Å². The summed E-state index contributed by atoms with van der Waals surface area (Å²) in [6.07, 6.45) is 6.56. The Morgan fingerprint density at radius 1 is 1.06 bits per heavy atom. The van der Waals surface area contributed by atoms with E-state index in [2.05, 4.69) is 38.1 Å². The lowest BCUT2D eigenvalue weighted by atomic mass is 9.79. The average molecular weight is 232 g/mol. The molecule has 0 unspecified atom stereocenters. The van der Waals surface area contributed by atoms with E-state index in [0.717, 1.165) is 37.7 Å². The molecule has 17 heavy (non-hydrogen) atoms. The Morgan fingerprint density at radius 3 is 2.18 bits per heavy atom. The number of aliphatic hydroxyl groups is 1. The van der Waals surface area contributed by atoms with Crippen LogP contribution in [-0.4, -0.2) is 5.11 Å². The molecule has 0 atom stereocenters. The van der Waals surface area contributed by atoms with E-state index in [0.29, 0.717) is 5.92 Å². The molecule has 0 bridgehead atoms. The summed E-state index contributed by atoms with van der Waals surface area (Å²) in [7, 11) is 0. The first-order valence-electron chi connectivity index (χ1n) is 6.92. The highest BCUT2D eigenvalue weighted by molar-refractivity contribution is 5.27. The normalized spacial score (nSPS) is 19.5. The van der Waals surface area contributed by atoms with Gasteiger partial charge in [0.1, 0.15) is 0 Å². The molecular formula is C16H24O. The smallest absolute Gasteiger partial charge is 0.0896 e. The minimum Gasteiger partial charge on any atom is -0.385 e. The molecule has 0 aliphatic heterocycles. The van der Waals surface area contributed by atoms with Gasteiger partial charge in [0, 0.05) is 0 Å². The Balaban J connectivity index is 2.11. The summed E-state index contributed by atoms with van der Waals surface area (Å²) < 4.78 is 0. The molecule has 0 heterocycles. The molecule has 94 valence electrons. The van der Waals surface area contributed by atoms with Crippen LogP contribution in [0.4, 0.5) is 0 Å². The molecule has 1 aromatic rings. The Bertz CT molecular complexity index is 344. The van der Waals surface area contributed by atoms with Crippen LogP contribution in [0.25, 0.3) is 0 Å². The molecule has 1 heteroatoms. The zero-order chi connectivity index (χ0) is 12.3. The molecule has 2 rings (SSSR count). The van der Waals surface area contributed by atoms with Crippen LogP contribution in [0.2, 0.25) is 0 Å². The summed E-state index contributed by atoms with van der Waals surface area (Å²) in [5.41, 5.74) is 1.95. The first-order valence-corrected chi connectivity index (χ1v) is 6.92. The molecule has 1 aliphatic rings. The van der Waals surface area contributed by atoms with E-state index in [1.807, 2.05) is 0 Å². The molecule has 1 N–H and O–H groups in total. The fourth-order valence-corrected chi connectivity index (χ4v) is 2.85. The van der Waals surface area contributed by atoms with E-state index in [-0.39, 0.29) is 0 Å². The minimum atomic E-state index is -0.547. The Morgan fingerprint density at radius 2 is 1.65 bits per heavy atom. The van der Waals surface area contributed by atoms with Gasteiger partial charge >= 0.3 is 0 Å². The van der Waals surface area contributed by atoms with Gasteiger partial charge in [0.25, 0.3) is 0 Å². The van der Waals surface area contributed by atoms with Crippen LogP contribution >= 0.6 is 0 Å². The van der Waals surface area contributed by atoms with Crippen LogP contribution in [0.5, 0.6) is 0 Å². The van der Waals surface area contributed by atoms with Crippen molar-refractivity contribution in [1.82, 2.24) is 0 Å². The molecule has 1 saturated carbocycles. The first-order chi connectivity index (χ1) is 8.10. The van der Waals surface area contributed by atoms with Gasteiger partial charge in [-0.15, -0.1) is 0 Å². The summed E-state index contributed by atoms with van der Waals surface area (Å²) in [5, 5.41) is 10.6. The summed E-state index contributed by atoms with van der Waals surface area (Å²) in [4.78, 5) is 0. The molecular weight excluding hydrogens is 208 g/mol. The summed E-state index contributed by atoms with van der Waals surface area (Å²) >= 11 is 0. The minimum absolute atomic E-state index is 0.547. The second-order valence-electron chi connectivity index (χ2n) is 5.89. The van der Waals surface area contributed by atoms with Crippen molar-refractivity contribution in [1.29, 1.82) is 0 Å². The van der Waals surface area contributed by atoms with Crippen molar-refractivity contribution in [2.75, 3.05) is 0 Å². The van der Waals surface area contributed by atoms with Gasteiger partial charge in [-0.2, -0.15) is 0 Å². The number of hydrogen-bond acceptors (Lipinski definition) is 1. The standard InChI is InChI=1S/C16H24O/c1-13(2)12-14-6-8-15(9-7-14)16(17)10-4-3-5-11-16/h6-9,13,17H,3-5,10-12H2,1-2H3. The first kappa shape index (κ1) is 12.6. The number of rotatable bonds is 3. The molecule has 1 aliphatic carbocycles. The summed E-state index contributed by atoms with van der Waals surface area (Å²) in [5.74, 6) is 0.693. The molecule has 1 fully saturated rings. The van der Waals surface area contributed by atoms with Crippen molar-refractivity contribution in [3.63, 3.8) is 0 Å². The number of benzene rings is 1. The van der Waals surface area contributed by atoms with Gasteiger partial charge in [0.05, 0.1) is 5.60 Å². The summed E-state index contributed by atoms with van der Waals surface area (Å²) in [6.45, 7) is 4.48. The van der Waals surface area contributed by atoms with Crippen LogP contribution in [0, 0.1) is 5.92 Å². The van der Waals surface area contributed by atoms with Crippen molar-refractivity contribution in [3.8, 4) is 0 Å². The van der Waals surface area contributed by atoms with Crippen molar-refractivity contribution >= 4 is 0 Å². The van der Waals surface area contributed by atoms with Crippen LogP contribution in [0.1, 0.15) is 57.1 Å². The largest absolute Gasteiger partial charge is 0.385 e. The molecule has 0 spiro atoms. The van der Waals surface area contributed by atoms with Gasteiger partial charge in [-0.05, 0) is 36.3 Å². The van der Waals surface area contributed by atoms with Gasteiger partial charge in [-0.25, -0.2) is 0 Å². The van der Waals surface area contributed by atoms with Crippen molar-refractivity contribution in [2.24, 2.45) is 5.92 Å². The van der Waals surface area contributed by atoms with Crippen LogP contribution in [0.3, 0.4) is 0 Å². The van der Waals surface area contributed by atoms with E-state index >= 15 is 0 Å². The summed E-state index contributed by atoms with van der Waals surface area (Å²) in [6, 6.07) is 8.62. The maximum atomic E-state index is 10.6. The molecule has 0 radical (unpaired) electrons. The van der Waals surface area contributed by atoms with Gasteiger partial charge in [-0.1, -0.05) is 57.4 Å². The molecule has 0 aromatic heterocycles. The van der Waals surface area contributed by atoms with Crippen molar-refractivity contribution < 1.29 is 5.11 Å². The lowest BCUT2D eigenvalue weighted by molar-refractivity contribution is -0.000636. The van der Waals surface area contributed by atoms with E-state index in [1.165, 1.54) is 12.0 Å². The SMILES string of the molecule is CC(C)Cc1ccc(C2(O)CCCCC2)cc1. The van der Waals surface area contributed by atoms with Crippen LogP contribution < -0.4 is 0 Å². The predicted molar refractivity (Wildman–Crippen MR) is 72.0 cm³/mol. The molecule has 0 saturated heterocycles. The van der Waals surface area contributed by atoms with E-state index in [1.54, 1.807) is 0 Å². The van der Waals surface area contributed by atoms with Gasteiger partial charge in [-0.3, -0.25) is 0 Å². The van der Waals surface area contributed by atoms with E-state index in [4.69, 9.17) is 0 Å². The molecule has 1 aromatic carbocycles. The Hall–Kier alpha value is -0.820. The lowest BCUT2D eigenvalue weighted by Crippen LogP contribution is -2.28. The Labute approximate surface area is 105 Å². The zero-order valence-electron chi connectivity index (χ0n) is 11.1. The van der Waals surface area contributed by atoms with Gasteiger partial charge < -0.3 is 5.11 Å². The average Bonchev–Trinajstić information content (AvgIpc) is 2.30. The van der Waals surface area contributed by atoms with Crippen molar-refractivity contribution in [2.45, 2.75) is 58.0 Å². The quantitative estimate of drug-likeness (QED) is 0.834. The zero-order valence-corrected chi connectivity index (χ0v) is 11.1. The third kappa shape index (κ3) is 3.10. The third-order valence-corrected chi connectivity index (χ3v) is 3.82. The lowest BCUT2D eigenvalue weighted by Gasteiger charge is -2.32. The number of hydrogen-bond donors (Lipinski definition) is 1. The fourth-order valence-electron chi connectivity index (χ4n) is 2.85. The van der Waals surface area contributed by atoms with E-state index < -0.39 is 5.60 Å². The Kier molecular flexibility index (Phi) is 3.88. The van der Waals surface area contributed by atoms with E-state index in [9.17, 15) is 5.11 Å². The molecule has 1 nitrogen and oxygen atoms in total.